The lowest BCUT2D eigenvalue weighted by Crippen LogP contribution is -2.03. The van der Waals surface area contributed by atoms with Gasteiger partial charge in [-0.15, -0.1) is 0 Å². The van der Waals surface area contributed by atoms with Crippen molar-refractivity contribution in [3.05, 3.63) is 101 Å². The fourth-order valence-corrected chi connectivity index (χ4v) is 2.67. The molecule has 0 aliphatic rings. The van der Waals surface area contributed by atoms with Gasteiger partial charge in [0, 0.05) is 35.6 Å². The van der Waals surface area contributed by atoms with Crippen LogP contribution in [0.1, 0.15) is 22.3 Å². The lowest BCUT2D eigenvalue weighted by Gasteiger charge is -2.09. The Labute approximate surface area is 153 Å². The number of rotatable bonds is 6. The highest BCUT2D eigenvalue weighted by molar-refractivity contribution is 5.86. The van der Waals surface area contributed by atoms with Crippen molar-refractivity contribution in [2.24, 2.45) is 10.7 Å². The predicted molar refractivity (Wildman–Crippen MR) is 109 cm³/mol. The predicted octanol–water partition coefficient (Wildman–Crippen LogP) is 3.83. The zero-order valence-corrected chi connectivity index (χ0v) is 14.5. The molecule has 0 unspecified atom stereocenters. The summed E-state index contributed by atoms with van der Waals surface area (Å²) < 4.78 is 0. The molecule has 1 aromatic heterocycles. The molecular formula is C22H22N4. The molecule has 3 aromatic rings. The van der Waals surface area contributed by atoms with Crippen LogP contribution in [0, 0.1) is 0 Å². The van der Waals surface area contributed by atoms with E-state index in [0.717, 1.165) is 17.5 Å². The van der Waals surface area contributed by atoms with Gasteiger partial charge >= 0.3 is 0 Å². The summed E-state index contributed by atoms with van der Waals surface area (Å²) in [6.45, 7) is 0.571. The second-order valence-electron chi connectivity index (χ2n) is 6.06. The smallest absolute Gasteiger partial charge is 0.0654 e. The van der Waals surface area contributed by atoms with Crippen molar-refractivity contribution in [1.29, 1.82) is 0 Å². The maximum atomic E-state index is 6.22. The molecule has 0 aliphatic carbocycles. The van der Waals surface area contributed by atoms with Crippen LogP contribution in [-0.2, 0) is 13.0 Å². The van der Waals surface area contributed by atoms with E-state index in [4.69, 9.17) is 11.5 Å². The van der Waals surface area contributed by atoms with Crippen molar-refractivity contribution in [2.75, 3.05) is 5.73 Å². The van der Waals surface area contributed by atoms with E-state index in [9.17, 15) is 0 Å². The highest BCUT2D eigenvalue weighted by Crippen LogP contribution is 2.21. The number of aliphatic imine (C=N–C) groups is 1. The van der Waals surface area contributed by atoms with Gasteiger partial charge in [0.1, 0.15) is 0 Å². The Morgan fingerprint density at radius 3 is 2.54 bits per heavy atom. The van der Waals surface area contributed by atoms with Crippen molar-refractivity contribution in [3.63, 3.8) is 0 Å². The first-order valence-electron chi connectivity index (χ1n) is 8.49. The van der Waals surface area contributed by atoms with Crippen LogP contribution >= 0.6 is 0 Å². The zero-order valence-electron chi connectivity index (χ0n) is 14.5. The molecule has 4 nitrogen and oxygen atoms in total. The Hall–Kier alpha value is -3.40. The van der Waals surface area contributed by atoms with Gasteiger partial charge < -0.3 is 11.5 Å². The van der Waals surface area contributed by atoms with Crippen molar-refractivity contribution in [3.8, 4) is 0 Å². The number of anilines is 1. The molecule has 0 saturated carbocycles. The van der Waals surface area contributed by atoms with Gasteiger partial charge in [0.15, 0.2) is 0 Å². The minimum absolute atomic E-state index is 0.571. The summed E-state index contributed by atoms with van der Waals surface area (Å²) in [5, 5.41) is 0. The molecule has 0 saturated heterocycles. The van der Waals surface area contributed by atoms with Gasteiger partial charge in [-0.1, -0.05) is 42.5 Å². The van der Waals surface area contributed by atoms with Gasteiger partial charge in [0.25, 0.3) is 0 Å². The standard InChI is InChI=1S/C22H22N4/c23-21-9-8-18(13-17-5-2-1-3-6-17)14-20(21)22(24)10-12-26-16-19-7-4-11-25-15-19/h1-12,14-15H,13,16,23-24H2/b22-10-,26-12?. The number of nitrogen functional groups attached to an aromatic ring is 1. The quantitative estimate of drug-likeness (QED) is 0.528. The fraction of sp³-hybridized carbons (Fsp3) is 0.0909. The fourth-order valence-electron chi connectivity index (χ4n) is 2.67. The molecule has 0 amide bonds. The maximum Gasteiger partial charge on any atom is 0.0654 e. The molecule has 0 aliphatic heterocycles. The molecule has 130 valence electrons. The Morgan fingerprint density at radius 2 is 1.77 bits per heavy atom. The summed E-state index contributed by atoms with van der Waals surface area (Å²) in [6, 6.07) is 20.2. The molecule has 0 radical (unpaired) electrons. The zero-order chi connectivity index (χ0) is 18.2. The molecule has 1 heterocycles. The molecule has 0 spiro atoms. The van der Waals surface area contributed by atoms with Gasteiger partial charge in [0.2, 0.25) is 0 Å². The Kier molecular flexibility index (Phi) is 5.78. The van der Waals surface area contributed by atoms with Crippen LogP contribution in [-0.4, -0.2) is 11.2 Å². The average molecular weight is 342 g/mol. The Morgan fingerprint density at radius 1 is 0.962 bits per heavy atom. The van der Waals surface area contributed by atoms with Crippen LogP contribution in [0.5, 0.6) is 0 Å². The minimum Gasteiger partial charge on any atom is -0.398 e. The van der Waals surface area contributed by atoms with Crippen LogP contribution in [0.25, 0.3) is 5.70 Å². The number of nitrogens with zero attached hydrogens (tertiary/aromatic N) is 2. The summed E-state index contributed by atoms with van der Waals surface area (Å²) in [5.74, 6) is 0. The molecule has 0 fully saturated rings. The van der Waals surface area contributed by atoms with E-state index < -0.39 is 0 Å². The summed E-state index contributed by atoms with van der Waals surface area (Å²) >= 11 is 0. The number of hydrogen-bond acceptors (Lipinski definition) is 4. The van der Waals surface area contributed by atoms with Gasteiger partial charge in [-0.2, -0.15) is 0 Å². The second-order valence-corrected chi connectivity index (χ2v) is 6.06. The van der Waals surface area contributed by atoms with E-state index in [0.29, 0.717) is 17.9 Å². The SMILES string of the molecule is N/C(=C\C=NCc1cccnc1)c1cc(Cc2ccccc2)ccc1N. The van der Waals surface area contributed by atoms with Crippen LogP contribution < -0.4 is 11.5 Å². The lowest BCUT2D eigenvalue weighted by atomic mass is 10.0. The number of benzene rings is 2. The first-order chi connectivity index (χ1) is 12.7. The van der Waals surface area contributed by atoms with E-state index >= 15 is 0 Å². The van der Waals surface area contributed by atoms with Crippen LogP contribution in [0.3, 0.4) is 0 Å². The van der Waals surface area contributed by atoms with Crippen molar-refractivity contribution < 1.29 is 0 Å². The van der Waals surface area contributed by atoms with E-state index in [1.807, 2.05) is 48.5 Å². The lowest BCUT2D eigenvalue weighted by molar-refractivity contribution is 1.05. The van der Waals surface area contributed by atoms with E-state index in [2.05, 4.69) is 22.1 Å². The Bertz CT molecular complexity index is 900. The van der Waals surface area contributed by atoms with Crippen LogP contribution in [0.15, 0.2) is 84.1 Å². The summed E-state index contributed by atoms with van der Waals surface area (Å²) in [6.07, 6.45) is 7.89. The monoisotopic (exact) mass is 342 g/mol. The topological polar surface area (TPSA) is 77.3 Å². The average Bonchev–Trinajstić information content (AvgIpc) is 2.68. The summed E-state index contributed by atoms with van der Waals surface area (Å²) in [4.78, 5) is 8.44. The highest BCUT2D eigenvalue weighted by Gasteiger charge is 2.04. The van der Waals surface area contributed by atoms with Gasteiger partial charge in [-0.25, -0.2) is 0 Å². The molecule has 4 heteroatoms. The molecule has 3 rings (SSSR count). The molecule has 0 atom stereocenters. The molecule has 2 aromatic carbocycles. The minimum atomic E-state index is 0.571. The first kappa shape index (κ1) is 17.4. The normalized spacial score (nSPS) is 11.8. The number of nitrogens with two attached hydrogens (primary N) is 2. The van der Waals surface area contributed by atoms with E-state index in [1.54, 1.807) is 24.7 Å². The number of aromatic nitrogens is 1. The largest absolute Gasteiger partial charge is 0.398 e. The van der Waals surface area contributed by atoms with Crippen LogP contribution in [0.2, 0.25) is 0 Å². The van der Waals surface area contributed by atoms with E-state index in [-0.39, 0.29) is 0 Å². The molecule has 4 N–H and O–H groups in total. The molecule has 0 bridgehead atoms. The number of hydrogen-bond donors (Lipinski definition) is 2. The third-order valence-corrected chi connectivity index (χ3v) is 4.04. The van der Waals surface area contributed by atoms with Crippen molar-refractivity contribution >= 4 is 17.6 Å². The van der Waals surface area contributed by atoms with Crippen molar-refractivity contribution in [2.45, 2.75) is 13.0 Å². The van der Waals surface area contributed by atoms with Gasteiger partial charge in [-0.3, -0.25) is 9.98 Å². The summed E-state index contributed by atoms with van der Waals surface area (Å²) in [7, 11) is 0. The third kappa shape index (κ3) is 4.80. The van der Waals surface area contributed by atoms with E-state index in [1.165, 1.54) is 11.1 Å². The number of allylic oxidation sites excluding steroid dienone is 1. The Balaban J connectivity index is 1.71. The summed E-state index contributed by atoms with van der Waals surface area (Å²) in [5.41, 5.74) is 17.9. The number of pyridine rings is 1. The highest BCUT2D eigenvalue weighted by atomic mass is 14.7. The van der Waals surface area contributed by atoms with Crippen LogP contribution in [0.4, 0.5) is 5.69 Å². The molecule has 26 heavy (non-hydrogen) atoms. The van der Waals surface area contributed by atoms with Gasteiger partial charge in [-0.05, 0) is 47.4 Å². The molecular weight excluding hydrogens is 320 g/mol. The van der Waals surface area contributed by atoms with Gasteiger partial charge in [0.05, 0.1) is 6.54 Å². The van der Waals surface area contributed by atoms with Crippen molar-refractivity contribution in [1.82, 2.24) is 4.98 Å². The maximum absolute atomic E-state index is 6.22. The third-order valence-electron chi connectivity index (χ3n) is 4.04. The first-order valence-corrected chi connectivity index (χ1v) is 8.49. The second kappa shape index (κ2) is 8.62.